The quantitative estimate of drug-likeness (QED) is 0.609. The fourth-order valence-corrected chi connectivity index (χ4v) is 4.07. The van der Waals surface area contributed by atoms with Crippen molar-refractivity contribution < 1.29 is 24.3 Å². The first-order valence-corrected chi connectivity index (χ1v) is 9.16. The van der Waals surface area contributed by atoms with E-state index in [4.69, 9.17) is 0 Å². The molecule has 27 heavy (non-hydrogen) atoms. The van der Waals surface area contributed by atoms with Gasteiger partial charge in [-0.1, -0.05) is 6.07 Å². The van der Waals surface area contributed by atoms with Crippen molar-refractivity contribution in [3.63, 3.8) is 0 Å². The molecule has 3 aliphatic rings. The van der Waals surface area contributed by atoms with Crippen molar-refractivity contribution in [1.82, 2.24) is 15.5 Å². The molecule has 2 saturated heterocycles. The van der Waals surface area contributed by atoms with Crippen LogP contribution >= 0.6 is 0 Å². The van der Waals surface area contributed by atoms with Gasteiger partial charge in [-0.25, -0.2) is 0 Å². The molecular formula is C19H21N3O5. The lowest BCUT2D eigenvalue weighted by atomic mass is 9.94. The van der Waals surface area contributed by atoms with E-state index in [-0.39, 0.29) is 54.8 Å². The summed E-state index contributed by atoms with van der Waals surface area (Å²) < 4.78 is 0. The molecule has 4 amide bonds. The molecule has 8 heteroatoms. The zero-order valence-corrected chi connectivity index (χ0v) is 14.7. The van der Waals surface area contributed by atoms with Gasteiger partial charge in [0.05, 0.1) is 23.8 Å². The Morgan fingerprint density at radius 3 is 2.48 bits per heavy atom. The van der Waals surface area contributed by atoms with Crippen LogP contribution in [0.25, 0.3) is 0 Å². The average molecular weight is 371 g/mol. The minimum Gasteiger partial charge on any atom is -0.394 e. The number of aliphatic hydroxyl groups excluding tert-OH is 1. The van der Waals surface area contributed by atoms with E-state index in [0.717, 1.165) is 5.56 Å². The van der Waals surface area contributed by atoms with Crippen LogP contribution in [0.15, 0.2) is 18.2 Å². The normalized spacial score (nSPS) is 27.1. The fraction of sp³-hybridized carbons (Fsp3) is 0.474. The van der Waals surface area contributed by atoms with Crippen molar-refractivity contribution in [2.75, 3.05) is 13.2 Å². The summed E-state index contributed by atoms with van der Waals surface area (Å²) >= 11 is 0. The van der Waals surface area contributed by atoms with E-state index in [2.05, 4.69) is 10.6 Å². The maximum atomic E-state index is 12.7. The fourth-order valence-electron chi connectivity index (χ4n) is 4.07. The van der Waals surface area contributed by atoms with Crippen LogP contribution < -0.4 is 10.6 Å². The van der Waals surface area contributed by atoms with Gasteiger partial charge in [-0.05, 0) is 37.0 Å². The number of fused-ring (bicyclic) bond motifs is 1. The number of carbonyl (C=O) groups excluding carboxylic acids is 4. The predicted octanol–water partition coefficient (Wildman–Crippen LogP) is -0.399. The lowest BCUT2D eigenvalue weighted by Crippen LogP contribution is -2.41. The topological polar surface area (TPSA) is 116 Å². The Balaban J connectivity index is 1.49. The molecule has 0 spiro atoms. The van der Waals surface area contributed by atoms with E-state index in [1.165, 1.54) is 4.90 Å². The van der Waals surface area contributed by atoms with Crippen LogP contribution in [0.1, 0.15) is 45.5 Å². The molecular weight excluding hydrogens is 350 g/mol. The van der Waals surface area contributed by atoms with Crippen LogP contribution in [0.3, 0.4) is 0 Å². The molecule has 0 radical (unpaired) electrons. The van der Waals surface area contributed by atoms with Crippen LogP contribution in [0.2, 0.25) is 0 Å². The minimum atomic E-state index is -0.359. The number of amides is 4. The molecule has 8 nitrogen and oxygen atoms in total. The molecule has 0 saturated carbocycles. The largest absolute Gasteiger partial charge is 0.394 e. The highest BCUT2D eigenvalue weighted by Crippen LogP contribution is 2.27. The first-order chi connectivity index (χ1) is 13.0. The zero-order chi connectivity index (χ0) is 19.1. The van der Waals surface area contributed by atoms with E-state index in [1.54, 1.807) is 18.2 Å². The third kappa shape index (κ3) is 3.21. The lowest BCUT2D eigenvalue weighted by Gasteiger charge is -2.18. The van der Waals surface area contributed by atoms with Crippen molar-refractivity contribution in [3.8, 4) is 0 Å². The molecule has 4 rings (SSSR count). The number of hydrogen-bond donors (Lipinski definition) is 3. The Kier molecular flexibility index (Phi) is 4.43. The third-order valence-electron chi connectivity index (χ3n) is 5.51. The summed E-state index contributed by atoms with van der Waals surface area (Å²) in [5, 5.41) is 14.7. The Bertz CT molecular complexity index is 837. The highest BCUT2D eigenvalue weighted by atomic mass is 16.3. The summed E-state index contributed by atoms with van der Waals surface area (Å²) in [6, 6.07) is 4.66. The second-order valence-corrected chi connectivity index (χ2v) is 7.43. The summed E-state index contributed by atoms with van der Waals surface area (Å²) in [6.45, 7) is 0.0860. The number of aliphatic hydroxyl groups is 1. The Labute approximate surface area is 155 Å². The molecule has 0 aliphatic carbocycles. The van der Waals surface area contributed by atoms with E-state index in [1.807, 2.05) is 0 Å². The van der Waals surface area contributed by atoms with Gasteiger partial charge in [0.25, 0.3) is 11.8 Å². The highest BCUT2D eigenvalue weighted by Gasteiger charge is 2.38. The Morgan fingerprint density at radius 2 is 1.81 bits per heavy atom. The van der Waals surface area contributed by atoms with Crippen molar-refractivity contribution in [3.05, 3.63) is 34.9 Å². The van der Waals surface area contributed by atoms with Crippen molar-refractivity contribution >= 4 is 23.6 Å². The molecule has 0 aromatic heterocycles. The molecule has 142 valence electrons. The van der Waals surface area contributed by atoms with Gasteiger partial charge in [0.2, 0.25) is 11.8 Å². The summed E-state index contributed by atoms with van der Waals surface area (Å²) in [7, 11) is 0. The van der Waals surface area contributed by atoms with Crippen LogP contribution in [0.5, 0.6) is 0 Å². The van der Waals surface area contributed by atoms with E-state index >= 15 is 0 Å². The third-order valence-corrected chi connectivity index (χ3v) is 5.51. The zero-order valence-electron chi connectivity index (χ0n) is 14.7. The van der Waals surface area contributed by atoms with Crippen molar-refractivity contribution in [1.29, 1.82) is 0 Å². The van der Waals surface area contributed by atoms with E-state index in [0.29, 0.717) is 36.8 Å². The monoisotopic (exact) mass is 371 g/mol. The summed E-state index contributed by atoms with van der Waals surface area (Å²) in [6.07, 6.45) is 2.03. The van der Waals surface area contributed by atoms with E-state index < -0.39 is 0 Å². The molecule has 3 aliphatic heterocycles. The van der Waals surface area contributed by atoms with Gasteiger partial charge in [0.1, 0.15) is 0 Å². The van der Waals surface area contributed by atoms with Crippen molar-refractivity contribution in [2.24, 2.45) is 5.92 Å². The van der Waals surface area contributed by atoms with Crippen LogP contribution in [-0.2, 0) is 16.0 Å². The standard InChI is InChI=1S/C19H21N3O5/c23-9-13-7-11(17(25)21-13)5-10-1-3-14-15(6-10)19(27)22(18(14)26)8-12-2-4-16(24)20-12/h1,3,6,11-13,23H,2,4-5,7-9H2,(H,20,24)(H,21,25)/t11?,12-,13-/m0/s1. The average Bonchev–Trinajstić information content (AvgIpc) is 3.29. The first kappa shape index (κ1) is 17.7. The second-order valence-electron chi connectivity index (χ2n) is 7.43. The van der Waals surface area contributed by atoms with Crippen molar-refractivity contribution in [2.45, 2.75) is 37.8 Å². The van der Waals surface area contributed by atoms with Gasteiger partial charge in [-0.3, -0.25) is 24.1 Å². The number of imide groups is 1. The smallest absolute Gasteiger partial charge is 0.261 e. The maximum absolute atomic E-state index is 12.7. The van der Waals surface area contributed by atoms with Gasteiger partial charge in [-0.15, -0.1) is 0 Å². The number of hydrogen-bond acceptors (Lipinski definition) is 5. The second kappa shape index (κ2) is 6.77. The molecule has 3 N–H and O–H groups in total. The van der Waals surface area contributed by atoms with E-state index in [9.17, 15) is 24.3 Å². The van der Waals surface area contributed by atoms with Crippen LogP contribution in [0.4, 0.5) is 0 Å². The lowest BCUT2D eigenvalue weighted by molar-refractivity contribution is -0.122. The number of benzene rings is 1. The summed E-state index contributed by atoms with van der Waals surface area (Å²) in [5.74, 6) is -1.12. The molecule has 3 atom stereocenters. The van der Waals surface area contributed by atoms with Gasteiger partial charge in [0, 0.05) is 24.9 Å². The molecule has 1 aromatic carbocycles. The minimum absolute atomic E-state index is 0.0603. The van der Waals surface area contributed by atoms with Crippen LogP contribution in [-0.4, -0.2) is 58.9 Å². The number of nitrogens with one attached hydrogen (secondary N) is 2. The Hall–Kier alpha value is -2.74. The van der Waals surface area contributed by atoms with Gasteiger partial charge in [-0.2, -0.15) is 0 Å². The van der Waals surface area contributed by atoms with Gasteiger partial charge in [0.15, 0.2) is 0 Å². The summed E-state index contributed by atoms with van der Waals surface area (Å²) in [4.78, 5) is 49.8. The Morgan fingerprint density at radius 1 is 1.04 bits per heavy atom. The molecule has 0 bridgehead atoms. The molecule has 1 aromatic rings. The highest BCUT2D eigenvalue weighted by molar-refractivity contribution is 6.21. The summed E-state index contributed by atoms with van der Waals surface area (Å²) in [5.41, 5.74) is 1.51. The molecule has 2 fully saturated rings. The number of nitrogens with zero attached hydrogens (tertiary/aromatic N) is 1. The SMILES string of the molecule is O=C1CC[C@@H](CN2C(=O)c3ccc(CC4C[C@@H](CO)NC4=O)cc3C2=O)N1. The molecule has 3 heterocycles. The van der Waals surface area contributed by atoms with Gasteiger partial charge >= 0.3 is 0 Å². The first-order valence-electron chi connectivity index (χ1n) is 9.16. The number of rotatable bonds is 5. The predicted molar refractivity (Wildman–Crippen MR) is 93.8 cm³/mol. The number of carbonyl (C=O) groups is 4. The maximum Gasteiger partial charge on any atom is 0.261 e. The molecule has 1 unspecified atom stereocenters. The van der Waals surface area contributed by atoms with Crippen LogP contribution in [0, 0.1) is 5.92 Å². The van der Waals surface area contributed by atoms with Gasteiger partial charge < -0.3 is 15.7 Å².